The number of rotatable bonds is 5. The van der Waals surface area contributed by atoms with Gasteiger partial charge in [0.1, 0.15) is 0 Å². The molecule has 0 radical (unpaired) electrons. The zero-order valence-corrected chi connectivity index (χ0v) is 10.9. The smallest absolute Gasteiger partial charge is 0.282 e. The number of carbonyl (C=O) groups excluding carboxylic acids is 1. The van der Waals surface area contributed by atoms with Crippen molar-refractivity contribution in [3.8, 4) is 0 Å². The molecule has 0 spiro atoms. The Hall–Kier alpha value is -1.60. The Bertz CT molecular complexity index is 451. The molecule has 1 aromatic rings. The van der Waals surface area contributed by atoms with Crippen LogP contribution in [0.1, 0.15) is 13.8 Å². The van der Waals surface area contributed by atoms with E-state index in [4.69, 9.17) is 5.84 Å². The summed E-state index contributed by atoms with van der Waals surface area (Å²) in [7, 11) is 0. The van der Waals surface area contributed by atoms with Crippen LogP contribution in [0.4, 0.5) is 5.69 Å². The van der Waals surface area contributed by atoms with Gasteiger partial charge in [-0.2, -0.15) is 0 Å². The molecule has 0 saturated carbocycles. The van der Waals surface area contributed by atoms with E-state index in [2.05, 4.69) is 5.43 Å². The van der Waals surface area contributed by atoms with Gasteiger partial charge in [-0.05, 0) is 12.0 Å². The first-order chi connectivity index (χ1) is 8.47. The average molecular weight is 269 g/mol. The van der Waals surface area contributed by atoms with Gasteiger partial charge in [-0.3, -0.25) is 20.3 Å². The maximum atomic E-state index is 11.6. The Morgan fingerprint density at radius 3 is 2.56 bits per heavy atom. The van der Waals surface area contributed by atoms with Crippen molar-refractivity contribution in [1.29, 1.82) is 0 Å². The molecule has 0 aliphatic heterocycles. The lowest BCUT2D eigenvalue weighted by molar-refractivity contribution is -0.387. The van der Waals surface area contributed by atoms with Crippen LogP contribution in [0.15, 0.2) is 29.2 Å². The van der Waals surface area contributed by atoms with Crippen LogP contribution in [0.3, 0.4) is 0 Å². The molecule has 1 rings (SSSR count). The first kappa shape index (κ1) is 14.5. The lowest BCUT2D eigenvalue weighted by Gasteiger charge is -2.18. The minimum Gasteiger partial charge on any atom is -0.293 e. The van der Waals surface area contributed by atoms with Crippen molar-refractivity contribution in [1.82, 2.24) is 5.43 Å². The number of nitrogens with one attached hydrogen (secondary N) is 1. The Kier molecular flexibility index (Phi) is 5.11. The molecule has 0 saturated heterocycles. The highest BCUT2D eigenvalue weighted by Crippen LogP contribution is 2.34. The van der Waals surface area contributed by atoms with E-state index in [9.17, 15) is 14.9 Å². The second-order valence-corrected chi connectivity index (χ2v) is 5.20. The molecule has 0 aliphatic rings. The fraction of sp³-hybridized carbons (Fsp3) is 0.364. The van der Waals surface area contributed by atoms with Gasteiger partial charge in [-0.1, -0.05) is 26.0 Å². The van der Waals surface area contributed by atoms with Crippen molar-refractivity contribution in [3.63, 3.8) is 0 Å². The maximum absolute atomic E-state index is 11.6. The van der Waals surface area contributed by atoms with Crippen molar-refractivity contribution in [2.75, 3.05) is 0 Å². The molecule has 0 aromatic heterocycles. The van der Waals surface area contributed by atoms with Crippen molar-refractivity contribution in [2.24, 2.45) is 11.8 Å². The summed E-state index contributed by atoms with van der Waals surface area (Å²) in [6, 6.07) is 6.34. The predicted octanol–water partition coefficient (Wildman–Crippen LogP) is 1.70. The van der Waals surface area contributed by atoms with Crippen LogP contribution in [0.25, 0.3) is 0 Å². The van der Waals surface area contributed by atoms with Gasteiger partial charge in [0.05, 0.1) is 15.1 Å². The summed E-state index contributed by atoms with van der Waals surface area (Å²) < 4.78 is 0. The zero-order valence-electron chi connectivity index (χ0n) is 10.1. The number of hydrogen-bond acceptors (Lipinski definition) is 5. The number of nitrogens with two attached hydrogens (primary N) is 1. The highest BCUT2D eigenvalue weighted by molar-refractivity contribution is 8.00. The molecule has 0 heterocycles. The molecule has 0 bridgehead atoms. The second kappa shape index (κ2) is 6.36. The largest absolute Gasteiger partial charge is 0.293 e. The summed E-state index contributed by atoms with van der Waals surface area (Å²) in [4.78, 5) is 22.5. The van der Waals surface area contributed by atoms with Gasteiger partial charge in [0.2, 0.25) is 5.91 Å². The Labute approximate surface area is 109 Å². The Morgan fingerprint density at radius 1 is 1.44 bits per heavy atom. The predicted molar refractivity (Wildman–Crippen MR) is 69.9 cm³/mol. The maximum Gasteiger partial charge on any atom is 0.282 e. The summed E-state index contributed by atoms with van der Waals surface area (Å²) in [6.07, 6.45) is 0. The number of amides is 1. The lowest BCUT2D eigenvalue weighted by Crippen LogP contribution is -2.39. The Morgan fingerprint density at radius 2 is 2.06 bits per heavy atom. The van der Waals surface area contributed by atoms with Crippen LogP contribution < -0.4 is 11.3 Å². The number of carbonyl (C=O) groups is 1. The quantitative estimate of drug-likeness (QED) is 0.279. The van der Waals surface area contributed by atoms with Gasteiger partial charge in [0, 0.05) is 6.07 Å². The summed E-state index contributed by atoms with van der Waals surface area (Å²) in [6.45, 7) is 3.73. The van der Waals surface area contributed by atoms with E-state index >= 15 is 0 Å². The molecular weight excluding hydrogens is 254 g/mol. The van der Waals surface area contributed by atoms with Gasteiger partial charge >= 0.3 is 0 Å². The number of hydrazine groups is 1. The molecule has 98 valence electrons. The first-order valence-electron chi connectivity index (χ1n) is 5.38. The summed E-state index contributed by atoms with van der Waals surface area (Å²) in [5.74, 6) is 4.79. The van der Waals surface area contributed by atoms with Crippen LogP contribution in [0.2, 0.25) is 0 Å². The van der Waals surface area contributed by atoms with Crippen LogP contribution >= 0.6 is 11.8 Å². The third-order valence-electron chi connectivity index (χ3n) is 2.32. The first-order valence-corrected chi connectivity index (χ1v) is 6.26. The number of hydrogen-bond donors (Lipinski definition) is 2. The van der Waals surface area contributed by atoms with E-state index in [-0.39, 0.29) is 17.5 Å². The molecule has 7 heteroatoms. The number of thioether (sulfide) groups is 1. The fourth-order valence-corrected chi connectivity index (χ4v) is 2.56. The summed E-state index contributed by atoms with van der Waals surface area (Å²) in [5.41, 5.74) is 2.08. The summed E-state index contributed by atoms with van der Waals surface area (Å²) in [5, 5.41) is 10.4. The summed E-state index contributed by atoms with van der Waals surface area (Å²) >= 11 is 1.15. The van der Waals surface area contributed by atoms with Crippen LogP contribution in [-0.4, -0.2) is 16.1 Å². The number of nitrogens with zero attached hydrogens (tertiary/aromatic N) is 1. The second-order valence-electron chi connectivity index (χ2n) is 4.02. The standard InChI is InChI=1S/C11H15N3O3S/c1-7(2)10(11(15)13-12)18-9-6-4-3-5-8(9)14(16)17/h3-7,10H,12H2,1-2H3,(H,13,15). The van der Waals surface area contributed by atoms with E-state index in [1.54, 1.807) is 18.2 Å². The van der Waals surface area contributed by atoms with E-state index in [0.717, 1.165) is 11.8 Å². The third kappa shape index (κ3) is 3.44. The van der Waals surface area contributed by atoms with E-state index in [0.29, 0.717) is 4.90 Å². The van der Waals surface area contributed by atoms with E-state index in [1.165, 1.54) is 6.07 Å². The topological polar surface area (TPSA) is 98.3 Å². The molecule has 1 aromatic carbocycles. The van der Waals surface area contributed by atoms with Crippen molar-refractivity contribution in [3.05, 3.63) is 34.4 Å². The molecule has 1 amide bonds. The average Bonchev–Trinajstić information content (AvgIpc) is 2.34. The van der Waals surface area contributed by atoms with Gasteiger partial charge in [0.25, 0.3) is 5.69 Å². The molecule has 6 nitrogen and oxygen atoms in total. The van der Waals surface area contributed by atoms with Crippen molar-refractivity contribution < 1.29 is 9.72 Å². The number of para-hydroxylation sites is 1. The Balaban J connectivity index is 3.01. The number of nitro benzene ring substituents is 1. The van der Waals surface area contributed by atoms with Gasteiger partial charge in [-0.15, -0.1) is 11.8 Å². The number of nitro groups is 1. The molecular formula is C11H15N3O3S. The SMILES string of the molecule is CC(C)C(Sc1ccccc1[N+](=O)[O-])C(=O)NN. The molecule has 0 aliphatic carbocycles. The molecule has 3 N–H and O–H groups in total. The monoisotopic (exact) mass is 269 g/mol. The van der Waals surface area contributed by atoms with Crippen LogP contribution in [-0.2, 0) is 4.79 Å². The van der Waals surface area contributed by atoms with Crippen molar-refractivity contribution >= 4 is 23.4 Å². The normalized spacial score (nSPS) is 12.2. The van der Waals surface area contributed by atoms with Gasteiger partial charge in [0.15, 0.2) is 0 Å². The van der Waals surface area contributed by atoms with E-state index < -0.39 is 10.2 Å². The van der Waals surface area contributed by atoms with Gasteiger partial charge in [-0.25, -0.2) is 5.84 Å². The minimum absolute atomic E-state index is 0.00188. The zero-order chi connectivity index (χ0) is 13.7. The van der Waals surface area contributed by atoms with E-state index in [1.807, 2.05) is 13.8 Å². The fourth-order valence-electron chi connectivity index (χ4n) is 1.42. The lowest BCUT2D eigenvalue weighted by atomic mass is 10.1. The third-order valence-corrected chi connectivity index (χ3v) is 3.93. The van der Waals surface area contributed by atoms with Crippen LogP contribution in [0, 0.1) is 16.0 Å². The highest BCUT2D eigenvalue weighted by Gasteiger charge is 2.26. The number of benzene rings is 1. The molecule has 1 atom stereocenters. The molecule has 18 heavy (non-hydrogen) atoms. The van der Waals surface area contributed by atoms with Crippen molar-refractivity contribution in [2.45, 2.75) is 24.0 Å². The minimum atomic E-state index is -0.462. The molecule has 1 unspecified atom stereocenters. The molecule has 0 fully saturated rings. The highest BCUT2D eigenvalue weighted by atomic mass is 32.2. The van der Waals surface area contributed by atoms with Gasteiger partial charge < -0.3 is 0 Å². The van der Waals surface area contributed by atoms with Crippen LogP contribution in [0.5, 0.6) is 0 Å².